The van der Waals surface area contributed by atoms with E-state index in [4.69, 9.17) is 15.6 Å². The number of ether oxygens (including phenoxy) is 1. The molecule has 11 heteroatoms. The molecule has 1 aliphatic rings. The second-order valence-electron chi connectivity index (χ2n) is 4.68. The lowest BCUT2D eigenvalue weighted by Crippen LogP contribution is -2.35. The van der Waals surface area contributed by atoms with E-state index in [1.165, 1.54) is 0 Å². The third-order valence-electron chi connectivity index (χ3n) is 3.37. The normalized spacial score (nSPS) is 29.3. The number of rotatable bonds is 2. The minimum absolute atomic E-state index is 0.115. The highest BCUT2D eigenvalue weighted by Crippen LogP contribution is 2.29. The van der Waals surface area contributed by atoms with Gasteiger partial charge in [0.25, 0.3) is 5.56 Å². The van der Waals surface area contributed by atoms with E-state index < -0.39 is 42.4 Å². The Morgan fingerprint density at radius 1 is 1.29 bits per heavy atom. The Hall–Kier alpha value is -2.21. The molecular formula is C10H13N5O6. The molecule has 7 N–H and O–H groups in total. The fraction of sp³-hybridized carbons (Fsp3) is 0.500. The van der Waals surface area contributed by atoms with Gasteiger partial charge in [-0.05, 0) is 0 Å². The molecule has 0 aromatic carbocycles. The van der Waals surface area contributed by atoms with E-state index in [9.17, 15) is 19.8 Å². The number of fused-ring (bicyclic) bond motifs is 1. The van der Waals surface area contributed by atoms with Crippen molar-refractivity contribution in [1.29, 1.82) is 0 Å². The lowest BCUT2D eigenvalue weighted by Gasteiger charge is -2.15. The fourth-order valence-electron chi connectivity index (χ4n) is 2.36. The fourth-order valence-corrected chi connectivity index (χ4v) is 2.36. The number of nitrogens with zero attached hydrogens (tertiary/aromatic N) is 2. The van der Waals surface area contributed by atoms with Crippen LogP contribution in [0, 0.1) is 0 Å². The molecule has 11 nitrogen and oxygen atoms in total. The summed E-state index contributed by atoms with van der Waals surface area (Å²) in [6, 6.07) is 0. The van der Waals surface area contributed by atoms with Crippen molar-refractivity contribution in [3.63, 3.8) is 0 Å². The molecule has 0 aliphatic carbocycles. The smallest absolute Gasteiger partial charge is 0.330 e. The predicted octanol–water partition coefficient (Wildman–Crippen LogP) is -3.39. The highest BCUT2D eigenvalue weighted by atomic mass is 16.6. The summed E-state index contributed by atoms with van der Waals surface area (Å²) < 4.78 is 6.13. The Balaban J connectivity index is 2.20. The van der Waals surface area contributed by atoms with Crippen molar-refractivity contribution >= 4 is 17.1 Å². The van der Waals surface area contributed by atoms with Gasteiger partial charge in [0.1, 0.15) is 18.3 Å². The van der Waals surface area contributed by atoms with Crippen LogP contribution in [0.5, 0.6) is 0 Å². The molecule has 0 unspecified atom stereocenters. The topological polar surface area (TPSA) is 179 Å². The van der Waals surface area contributed by atoms with Crippen LogP contribution in [0.4, 0.5) is 5.95 Å². The van der Waals surface area contributed by atoms with Crippen molar-refractivity contribution < 1.29 is 20.1 Å². The van der Waals surface area contributed by atoms with Gasteiger partial charge in [0.05, 0.1) is 6.61 Å². The van der Waals surface area contributed by atoms with Crippen LogP contribution >= 0.6 is 0 Å². The summed E-state index contributed by atoms with van der Waals surface area (Å²) in [6.07, 6.45) is -5.20. The zero-order valence-electron chi connectivity index (χ0n) is 10.6. The van der Waals surface area contributed by atoms with Gasteiger partial charge < -0.3 is 25.8 Å². The third-order valence-corrected chi connectivity index (χ3v) is 3.37. The van der Waals surface area contributed by atoms with Crippen molar-refractivity contribution in [2.45, 2.75) is 24.5 Å². The number of aliphatic hydroxyl groups excluding tert-OH is 3. The number of nitrogen functional groups attached to an aromatic ring is 1. The van der Waals surface area contributed by atoms with Crippen molar-refractivity contribution in [2.75, 3.05) is 12.3 Å². The molecule has 21 heavy (non-hydrogen) atoms. The zero-order valence-corrected chi connectivity index (χ0v) is 10.6. The maximum atomic E-state index is 12.0. The molecule has 2 aromatic heterocycles. The number of imidazole rings is 1. The van der Waals surface area contributed by atoms with E-state index in [1.54, 1.807) is 0 Å². The van der Waals surface area contributed by atoms with Crippen molar-refractivity contribution in [2.24, 2.45) is 0 Å². The Morgan fingerprint density at radius 3 is 2.62 bits per heavy atom. The molecule has 1 fully saturated rings. The van der Waals surface area contributed by atoms with Crippen LogP contribution in [0.25, 0.3) is 11.2 Å². The summed E-state index contributed by atoms with van der Waals surface area (Å²) >= 11 is 0. The molecule has 0 saturated carbocycles. The van der Waals surface area contributed by atoms with Crippen LogP contribution in [0.2, 0.25) is 0 Å². The van der Waals surface area contributed by atoms with Gasteiger partial charge in [-0.25, -0.2) is 9.36 Å². The highest BCUT2D eigenvalue weighted by molar-refractivity contribution is 5.70. The average molecular weight is 299 g/mol. The van der Waals surface area contributed by atoms with E-state index in [0.29, 0.717) is 0 Å². The zero-order chi connectivity index (χ0) is 15.3. The number of aromatic amines is 2. The van der Waals surface area contributed by atoms with Crippen molar-refractivity contribution in [3.8, 4) is 0 Å². The van der Waals surface area contributed by atoms with Crippen LogP contribution in [0.3, 0.4) is 0 Å². The van der Waals surface area contributed by atoms with E-state index in [2.05, 4.69) is 15.0 Å². The maximum absolute atomic E-state index is 12.0. The van der Waals surface area contributed by atoms with Crippen molar-refractivity contribution in [1.82, 2.24) is 19.5 Å². The van der Waals surface area contributed by atoms with E-state index >= 15 is 0 Å². The van der Waals surface area contributed by atoms with E-state index in [0.717, 1.165) is 4.57 Å². The Kier molecular flexibility index (Phi) is 3.06. The Labute approximate surface area is 115 Å². The van der Waals surface area contributed by atoms with Gasteiger partial charge in [0, 0.05) is 0 Å². The first kappa shape index (κ1) is 13.8. The van der Waals surface area contributed by atoms with E-state index in [1.807, 2.05) is 0 Å². The maximum Gasteiger partial charge on any atom is 0.330 e. The van der Waals surface area contributed by atoms with Gasteiger partial charge in [-0.15, -0.1) is 0 Å². The molecule has 0 bridgehead atoms. The van der Waals surface area contributed by atoms with Crippen LogP contribution in [-0.2, 0) is 4.74 Å². The van der Waals surface area contributed by atoms with Gasteiger partial charge in [0.15, 0.2) is 17.4 Å². The number of nitrogens with two attached hydrogens (primary N) is 1. The molecule has 1 aliphatic heterocycles. The number of hydrogen-bond donors (Lipinski definition) is 6. The first-order chi connectivity index (χ1) is 9.93. The minimum atomic E-state index is -1.47. The van der Waals surface area contributed by atoms with Crippen LogP contribution in [0.15, 0.2) is 9.59 Å². The summed E-state index contributed by atoms with van der Waals surface area (Å²) in [7, 11) is 0. The SMILES string of the molecule is Nc1nc2c([nH]c(=O)n2[C@@H]2O[C@@H](CO)[C@H](O)[C@@H]2O)c(=O)[nH]1. The second kappa shape index (κ2) is 4.66. The lowest BCUT2D eigenvalue weighted by atomic mass is 10.1. The number of anilines is 1. The number of hydrogen-bond acceptors (Lipinski definition) is 8. The minimum Gasteiger partial charge on any atom is -0.394 e. The summed E-state index contributed by atoms with van der Waals surface area (Å²) in [5.41, 5.74) is 3.77. The molecule has 3 rings (SSSR count). The molecule has 0 radical (unpaired) electrons. The van der Waals surface area contributed by atoms with Gasteiger partial charge in [-0.1, -0.05) is 0 Å². The van der Waals surface area contributed by atoms with Gasteiger partial charge >= 0.3 is 5.69 Å². The summed E-state index contributed by atoms with van der Waals surface area (Å²) in [5.74, 6) is -0.216. The van der Waals surface area contributed by atoms with Crippen LogP contribution in [-0.4, -0.2) is 59.8 Å². The highest BCUT2D eigenvalue weighted by Gasteiger charge is 2.44. The van der Waals surface area contributed by atoms with Gasteiger partial charge in [-0.3, -0.25) is 14.8 Å². The van der Waals surface area contributed by atoms with Crippen LogP contribution < -0.4 is 17.0 Å². The molecule has 1 saturated heterocycles. The molecule has 0 spiro atoms. The summed E-state index contributed by atoms with van der Waals surface area (Å²) in [6.45, 7) is -0.540. The molecule has 114 valence electrons. The molecule has 2 aromatic rings. The molecular weight excluding hydrogens is 286 g/mol. The second-order valence-corrected chi connectivity index (χ2v) is 4.68. The van der Waals surface area contributed by atoms with Gasteiger partial charge in [0.2, 0.25) is 5.95 Å². The first-order valence-electron chi connectivity index (χ1n) is 6.06. The standard InChI is InChI=1S/C10H13N5O6/c11-9-13-6-3(7(19)14-9)12-10(20)15(6)8-5(18)4(17)2(1-16)21-8/h2,4-5,8,16-18H,1H2,(H,12,20)(H3,11,13,14,19)/t2-,4-,5-,8+/m0/s1. The number of H-pyrrole nitrogens is 2. The molecule has 3 heterocycles. The predicted molar refractivity (Wildman–Crippen MR) is 68.4 cm³/mol. The Morgan fingerprint density at radius 2 is 2.00 bits per heavy atom. The molecule has 0 amide bonds. The average Bonchev–Trinajstić information content (AvgIpc) is 2.89. The Bertz CT molecular complexity index is 793. The first-order valence-corrected chi connectivity index (χ1v) is 6.06. The number of aliphatic hydroxyl groups is 3. The number of aromatic nitrogens is 4. The van der Waals surface area contributed by atoms with Crippen molar-refractivity contribution in [3.05, 3.63) is 20.8 Å². The molecule has 4 atom stereocenters. The van der Waals surface area contributed by atoms with Crippen LogP contribution in [0.1, 0.15) is 6.23 Å². The van der Waals surface area contributed by atoms with E-state index in [-0.39, 0.29) is 17.1 Å². The lowest BCUT2D eigenvalue weighted by molar-refractivity contribution is -0.0524. The quantitative estimate of drug-likeness (QED) is 0.332. The summed E-state index contributed by atoms with van der Waals surface area (Å²) in [5, 5.41) is 28.7. The monoisotopic (exact) mass is 299 g/mol. The van der Waals surface area contributed by atoms with Gasteiger partial charge in [-0.2, -0.15) is 4.98 Å². The largest absolute Gasteiger partial charge is 0.394 e. The number of nitrogens with one attached hydrogen (secondary N) is 2. The third kappa shape index (κ3) is 1.94. The summed E-state index contributed by atoms with van der Waals surface area (Å²) in [4.78, 5) is 32.0.